The van der Waals surface area contributed by atoms with E-state index in [0.29, 0.717) is 0 Å². The van der Waals surface area contributed by atoms with Crippen LogP contribution in [0.3, 0.4) is 0 Å². The third-order valence-electron chi connectivity index (χ3n) is 2.25. The van der Waals surface area contributed by atoms with E-state index >= 15 is 0 Å². The summed E-state index contributed by atoms with van der Waals surface area (Å²) in [5, 5.41) is 4.50. The van der Waals surface area contributed by atoms with Gasteiger partial charge < -0.3 is 5.32 Å². The van der Waals surface area contributed by atoms with Gasteiger partial charge in [-0.15, -0.1) is 11.3 Å². The fraction of sp³-hybridized carbons (Fsp3) is 0.333. The molecule has 0 spiro atoms. The molecule has 2 aromatic heterocycles. The number of thiazole rings is 1. The van der Waals surface area contributed by atoms with Crippen LogP contribution in [0.15, 0.2) is 24.5 Å². The van der Waals surface area contributed by atoms with Gasteiger partial charge in [-0.3, -0.25) is 4.98 Å². The molecule has 0 amide bonds. The second-order valence-electron chi connectivity index (χ2n) is 3.78. The monoisotopic (exact) mass is 233 g/mol. The lowest BCUT2D eigenvalue weighted by Crippen LogP contribution is -2.12. The molecule has 0 unspecified atom stereocenters. The number of hydrogen-bond donors (Lipinski definition) is 1. The summed E-state index contributed by atoms with van der Waals surface area (Å²) in [6.45, 7) is 5.74. The lowest BCUT2D eigenvalue weighted by Gasteiger charge is -2.02. The normalized spacial score (nSPS) is 10.6. The molecule has 0 aliphatic carbocycles. The first kappa shape index (κ1) is 11.2. The van der Waals surface area contributed by atoms with Gasteiger partial charge in [0, 0.05) is 36.1 Å². The minimum absolute atomic E-state index is 0.826. The standard InChI is InChI=1S/C12H15N3S/c1-9-3-4-11(7-14-9)6-13-8-12-15-5-10(2)16-12/h3-5,7,13H,6,8H2,1-2H3. The Balaban J connectivity index is 1.82. The molecule has 0 aliphatic rings. The highest BCUT2D eigenvalue weighted by molar-refractivity contribution is 7.11. The zero-order chi connectivity index (χ0) is 11.4. The van der Waals surface area contributed by atoms with Gasteiger partial charge in [0.15, 0.2) is 0 Å². The number of nitrogens with one attached hydrogen (secondary N) is 1. The lowest BCUT2D eigenvalue weighted by atomic mass is 10.2. The molecule has 0 aromatic carbocycles. The molecule has 3 nitrogen and oxygen atoms in total. The Bertz CT molecular complexity index is 448. The van der Waals surface area contributed by atoms with Crippen molar-refractivity contribution < 1.29 is 0 Å². The molecule has 0 saturated carbocycles. The van der Waals surface area contributed by atoms with E-state index in [4.69, 9.17) is 0 Å². The van der Waals surface area contributed by atoms with Gasteiger partial charge in [0.1, 0.15) is 5.01 Å². The Labute approximate surface area is 99.6 Å². The molecule has 0 aliphatic heterocycles. The fourth-order valence-electron chi connectivity index (χ4n) is 1.40. The second-order valence-corrected chi connectivity index (χ2v) is 5.10. The van der Waals surface area contributed by atoms with E-state index in [0.717, 1.165) is 23.8 Å². The average Bonchev–Trinajstić information content (AvgIpc) is 2.67. The van der Waals surface area contributed by atoms with E-state index in [2.05, 4.69) is 28.3 Å². The van der Waals surface area contributed by atoms with Gasteiger partial charge in [-0.05, 0) is 25.5 Å². The van der Waals surface area contributed by atoms with Crippen molar-refractivity contribution in [2.75, 3.05) is 0 Å². The van der Waals surface area contributed by atoms with Gasteiger partial charge in [0.05, 0.1) is 0 Å². The minimum Gasteiger partial charge on any atom is -0.306 e. The van der Waals surface area contributed by atoms with Gasteiger partial charge in [-0.1, -0.05) is 6.07 Å². The van der Waals surface area contributed by atoms with Crippen molar-refractivity contribution in [2.45, 2.75) is 26.9 Å². The van der Waals surface area contributed by atoms with Gasteiger partial charge in [0.2, 0.25) is 0 Å². The van der Waals surface area contributed by atoms with Crippen molar-refractivity contribution in [3.05, 3.63) is 45.7 Å². The van der Waals surface area contributed by atoms with Crippen LogP contribution in [0.2, 0.25) is 0 Å². The summed E-state index contributed by atoms with van der Waals surface area (Å²) in [7, 11) is 0. The van der Waals surface area contributed by atoms with Gasteiger partial charge in [0.25, 0.3) is 0 Å². The highest BCUT2D eigenvalue weighted by Crippen LogP contribution is 2.10. The van der Waals surface area contributed by atoms with Crippen molar-refractivity contribution in [2.24, 2.45) is 0 Å². The highest BCUT2D eigenvalue weighted by atomic mass is 32.1. The largest absolute Gasteiger partial charge is 0.306 e. The van der Waals surface area contributed by atoms with Crippen LogP contribution in [0.25, 0.3) is 0 Å². The van der Waals surface area contributed by atoms with Crippen molar-refractivity contribution in [1.29, 1.82) is 0 Å². The van der Waals surface area contributed by atoms with Gasteiger partial charge in [-0.25, -0.2) is 4.98 Å². The first-order chi connectivity index (χ1) is 7.74. The van der Waals surface area contributed by atoms with Crippen LogP contribution in [0.1, 0.15) is 21.1 Å². The van der Waals surface area contributed by atoms with Crippen LogP contribution >= 0.6 is 11.3 Å². The molecular weight excluding hydrogens is 218 g/mol. The van der Waals surface area contributed by atoms with Crippen molar-refractivity contribution in [1.82, 2.24) is 15.3 Å². The molecule has 84 valence electrons. The topological polar surface area (TPSA) is 37.8 Å². The first-order valence-corrected chi connectivity index (χ1v) is 6.09. The Morgan fingerprint density at radius 3 is 2.62 bits per heavy atom. The summed E-state index contributed by atoms with van der Waals surface area (Å²) in [6.07, 6.45) is 3.82. The van der Waals surface area contributed by atoms with E-state index in [1.807, 2.05) is 25.4 Å². The van der Waals surface area contributed by atoms with Crippen molar-refractivity contribution in [3.63, 3.8) is 0 Å². The van der Waals surface area contributed by atoms with Crippen LogP contribution in [-0.4, -0.2) is 9.97 Å². The first-order valence-electron chi connectivity index (χ1n) is 5.27. The Morgan fingerprint density at radius 1 is 1.12 bits per heavy atom. The fourth-order valence-corrected chi connectivity index (χ4v) is 2.16. The molecule has 2 rings (SSSR count). The maximum absolute atomic E-state index is 4.30. The quantitative estimate of drug-likeness (QED) is 0.881. The van der Waals surface area contributed by atoms with Crippen LogP contribution in [0, 0.1) is 13.8 Å². The summed E-state index contributed by atoms with van der Waals surface area (Å²) in [5.74, 6) is 0. The Kier molecular flexibility index (Phi) is 3.64. The molecule has 1 N–H and O–H groups in total. The smallest absolute Gasteiger partial charge is 0.107 e. The molecule has 0 radical (unpaired) electrons. The van der Waals surface area contributed by atoms with Crippen molar-refractivity contribution >= 4 is 11.3 Å². The van der Waals surface area contributed by atoms with Gasteiger partial charge in [-0.2, -0.15) is 0 Å². The zero-order valence-electron chi connectivity index (χ0n) is 9.53. The summed E-state index contributed by atoms with van der Waals surface area (Å²) in [5.41, 5.74) is 2.26. The minimum atomic E-state index is 0.826. The molecule has 0 bridgehead atoms. The number of hydrogen-bond acceptors (Lipinski definition) is 4. The molecule has 0 atom stereocenters. The van der Waals surface area contributed by atoms with Crippen LogP contribution in [-0.2, 0) is 13.1 Å². The van der Waals surface area contributed by atoms with Gasteiger partial charge >= 0.3 is 0 Å². The van der Waals surface area contributed by atoms with E-state index in [1.54, 1.807) is 11.3 Å². The molecule has 2 heterocycles. The molecule has 16 heavy (non-hydrogen) atoms. The summed E-state index contributed by atoms with van der Waals surface area (Å²) < 4.78 is 0. The van der Waals surface area contributed by atoms with E-state index in [1.165, 1.54) is 10.4 Å². The maximum atomic E-state index is 4.30. The molecule has 0 saturated heterocycles. The Morgan fingerprint density at radius 2 is 2.00 bits per heavy atom. The molecule has 4 heteroatoms. The maximum Gasteiger partial charge on any atom is 0.107 e. The number of nitrogens with zero attached hydrogens (tertiary/aromatic N) is 2. The van der Waals surface area contributed by atoms with E-state index < -0.39 is 0 Å². The van der Waals surface area contributed by atoms with Crippen LogP contribution < -0.4 is 5.32 Å². The summed E-state index contributed by atoms with van der Waals surface area (Å²) >= 11 is 1.74. The number of rotatable bonds is 4. The van der Waals surface area contributed by atoms with E-state index in [-0.39, 0.29) is 0 Å². The highest BCUT2D eigenvalue weighted by Gasteiger charge is 1.98. The van der Waals surface area contributed by atoms with E-state index in [9.17, 15) is 0 Å². The van der Waals surface area contributed by atoms with Crippen LogP contribution in [0.5, 0.6) is 0 Å². The zero-order valence-corrected chi connectivity index (χ0v) is 10.3. The van der Waals surface area contributed by atoms with Crippen molar-refractivity contribution in [3.8, 4) is 0 Å². The number of pyridine rings is 1. The van der Waals surface area contributed by atoms with Crippen LogP contribution in [0.4, 0.5) is 0 Å². The Hall–Kier alpha value is -1.26. The predicted octanol–water partition coefficient (Wildman–Crippen LogP) is 2.44. The predicted molar refractivity (Wildman–Crippen MR) is 66.4 cm³/mol. The third kappa shape index (κ3) is 3.12. The SMILES string of the molecule is Cc1ccc(CNCc2ncc(C)s2)cn1. The summed E-state index contributed by atoms with van der Waals surface area (Å²) in [4.78, 5) is 9.82. The number of aromatic nitrogens is 2. The summed E-state index contributed by atoms with van der Waals surface area (Å²) in [6, 6.07) is 4.13. The average molecular weight is 233 g/mol. The number of aryl methyl sites for hydroxylation is 2. The molecular formula is C12H15N3S. The third-order valence-corrected chi connectivity index (χ3v) is 3.16. The molecule has 2 aromatic rings. The molecule has 0 fully saturated rings. The lowest BCUT2D eigenvalue weighted by molar-refractivity contribution is 0.687. The second kappa shape index (κ2) is 5.18.